The normalized spacial score (nSPS) is 16.7. The maximum atomic E-state index is 9.42. The lowest BCUT2D eigenvalue weighted by atomic mass is 10.1. The fourth-order valence-electron chi connectivity index (χ4n) is 1.30. The van der Waals surface area contributed by atoms with Gasteiger partial charge in [0.25, 0.3) is 0 Å². The van der Waals surface area contributed by atoms with E-state index in [4.69, 9.17) is 5.73 Å². The van der Waals surface area contributed by atoms with E-state index in [1.807, 2.05) is 12.1 Å². The Morgan fingerprint density at radius 2 is 2.09 bits per heavy atom. The molecule has 0 radical (unpaired) electrons. The van der Waals surface area contributed by atoms with Crippen molar-refractivity contribution >= 4 is 5.69 Å². The highest BCUT2D eigenvalue weighted by molar-refractivity contribution is 5.49. The molecule has 1 aliphatic rings. The quantitative estimate of drug-likeness (QED) is 0.598. The first-order chi connectivity index (χ1) is 5.27. The zero-order valence-electron chi connectivity index (χ0n) is 6.25. The molecule has 0 atom stereocenters. The number of rotatable bonds is 1. The summed E-state index contributed by atoms with van der Waals surface area (Å²) >= 11 is 0. The maximum absolute atomic E-state index is 9.42. The molecule has 11 heavy (non-hydrogen) atoms. The van der Waals surface area contributed by atoms with Crippen LogP contribution < -0.4 is 5.73 Å². The van der Waals surface area contributed by atoms with Crippen molar-refractivity contribution in [2.75, 3.05) is 5.73 Å². The van der Waals surface area contributed by atoms with Crippen LogP contribution in [0.25, 0.3) is 0 Å². The van der Waals surface area contributed by atoms with Crippen LogP contribution in [-0.2, 0) is 0 Å². The van der Waals surface area contributed by atoms with Crippen molar-refractivity contribution in [1.29, 1.82) is 0 Å². The predicted octanol–water partition coefficient (Wildman–Crippen LogP) is 1.85. The first-order valence-electron chi connectivity index (χ1n) is 3.86. The highest BCUT2D eigenvalue weighted by Gasteiger charge is 2.25. The van der Waals surface area contributed by atoms with Crippen LogP contribution in [0.1, 0.15) is 24.3 Å². The average Bonchev–Trinajstić information content (AvgIpc) is 2.70. The molecular weight excluding hydrogens is 138 g/mol. The molecule has 1 aliphatic carbocycles. The lowest BCUT2D eigenvalue weighted by Crippen LogP contribution is -1.86. The molecule has 2 rings (SSSR count). The largest absolute Gasteiger partial charge is 0.508 e. The summed E-state index contributed by atoms with van der Waals surface area (Å²) in [7, 11) is 0. The summed E-state index contributed by atoms with van der Waals surface area (Å²) in [5, 5.41) is 9.42. The molecule has 1 fully saturated rings. The molecule has 0 unspecified atom stereocenters. The van der Waals surface area contributed by atoms with Crippen molar-refractivity contribution in [2.24, 2.45) is 0 Å². The van der Waals surface area contributed by atoms with Crippen molar-refractivity contribution in [1.82, 2.24) is 0 Å². The Hall–Kier alpha value is -1.18. The van der Waals surface area contributed by atoms with Crippen molar-refractivity contribution in [3.63, 3.8) is 0 Å². The fraction of sp³-hybridized carbons (Fsp3) is 0.333. The van der Waals surface area contributed by atoms with Crippen LogP contribution in [0.5, 0.6) is 5.75 Å². The topological polar surface area (TPSA) is 46.2 Å². The minimum absolute atomic E-state index is 0.354. The number of hydrogen-bond acceptors (Lipinski definition) is 2. The zero-order chi connectivity index (χ0) is 7.84. The van der Waals surface area contributed by atoms with Crippen molar-refractivity contribution in [2.45, 2.75) is 18.8 Å². The van der Waals surface area contributed by atoms with E-state index in [0.29, 0.717) is 17.4 Å². The molecule has 1 aromatic rings. The van der Waals surface area contributed by atoms with Crippen LogP contribution in [-0.4, -0.2) is 5.11 Å². The van der Waals surface area contributed by atoms with Gasteiger partial charge in [0.2, 0.25) is 0 Å². The number of phenols is 1. The number of phenolic OH excluding ortho intramolecular Hbond substituents is 1. The van der Waals surface area contributed by atoms with Crippen LogP contribution in [0, 0.1) is 0 Å². The van der Waals surface area contributed by atoms with Crippen LogP contribution in [0.3, 0.4) is 0 Å². The van der Waals surface area contributed by atoms with Crippen molar-refractivity contribution < 1.29 is 5.11 Å². The van der Waals surface area contributed by atoms with Gasteiger partial charge in [-0.1, -0.05) is 6.07 Å². The van der Waals surface area contributed by atoms with Crippen LogP contribution in [0.2, 0.25) is 0 Å². The summed E-state index contributed by atoms with van der Waals surface area (Å²) in [4.78, 5) is 0. The van der Waals surface area contributed by atoms with E-state index in [-0.39, 0.29) is 0 Å². The van der Waals surface area contributed by atoms with E-state index in [1.54, 1.807) is 6.07 Å². The molecule has 0 saturated heterocycles. The molecule has 0 heterocycles. The second kappa shape index (κ2) is 2.16. The third kappa shape index (κ3) is 1.16. The Morgan fingerprint density at radius 3 is 2.64 bits per heavy atom. The van der Waals surface area contributed by atoms with Crippen LogP contribution in [0.15, 0.2) is 18.2 Å². The molecule has 0 aromatic heterocycles. The number of nitrogen functional groups attached to an aromatic ring is 1. The Morgan fingerprint density at radius 1 is 1.36 bits per heavy atom. The minimum Gasteiger partial charge on any atom is -0.508 e. The van der Waals surface area contributed by atoms with Gasteiger partial charge < -0.3 is 10.8 Å². The minimum atomic E-state index is 0.354. The number of aromatic hydroxyl groups is 1. The first kappa shape index (κ1) is 6.53. The van der Waals surface area contributed by atoms with Gasteiger partial charge >= 0.3 is 0 Å². The molecule has 58 valence electrons. The molecular formula is C9H11NO. The molecule has 3 N–H and O–H groups in total. The third-order valence-electron chi connectivity index (χ3n) is 2.07. The van der Waals surface area contributed by atoms with E-state index in [0.717, 1.165) is 5.56 Å². The number of benzene rings is 1. The highest BCUT2D eigenvalue weighted by atomic mass is 16.3. The molecule has 2 heteroatoms. The molecule has 0 spiro atoms. The van der Waals surface area contributed by atoms with E-state index in [9.17, 15) is 5.11 Å². The van der Waals surface area contributed by atoms with Gasteiger partial charge in [-0.3, -0.25) is 0 Å². The van der Waals surface area contributed by atoms with Gasteiger partial charge in [-0.2, -0.15) is 0 Å². The van der Waals surface area contributed by atoms with E-state index >= 15 is 0 Å². The molecule has 0 aliphatic heterocycles. The lowest BCUT2D eigenvalue weighted by Gasteiger charge is -2.02. The predicted molar refractivity (Wildman–Crippen MR) is 44.5 cm³/mol. The molecule has 2 nitrogen and oxygen atoms in total. The zero-order valence-corrected chi connectivity index (χ0v) is 6.25. The second-order valence-electron chi connectivity index (χ2n) is 3.09. The van der Waals surface area contributed by atoms with Gasteiger partial charge in [0.1, 0.15) is 5.75 Å². The van der Waals surface area contributed by atoms with E-state index in [2.05, 4.69) is 0 Å². The van der Waals surface area contributed by atoms with Gasteiger partial charge in [0.15, 0.2) is 0 Å². The van der Waals surface area contributed by atoms with Crippen molar-refractivity contribution in [3.8, 4) is 5.75 Å². The summed E-state index contributed by atoms with van der Waals surface area (Å²) < 4.78 is 0. The maximum Gasteiger partial charge on any atom is 0.121 e. The second-order valence-corrected chi connectivity index (χ2v) is 3.09. The van der Waals surface area contributed by atoms with Crippen molar-refractivity contribution in [3.05, 3.63) is 23.8 Å². The third-order valence-corrected chi connectivity index (χ3v) is 2.07. The summed E-state index contributed by atoms with van der Waals surface area (Å²) in [6.45, 7) is 0. The number of nitrogens with two attached hydrogens (primary N) is 1. The summed E-state index contributed by atoms with van der Waals surface area (Å²) in [6, 6.07) is 5.38. The molecule has 0 amide bonds. The molecule has 0 bridgehead atoms. The van der Waals surface area contributed by atoms with Gasteiger partial charge in [-0.15, -0.1) is 0 Å². The van der Waals surface area contributed by atoms with E-state index in [1.165, 1.54) is 12.8 Å². The van der Waals surface area contributed by atoms with Gasteiger partial charge in [0, 0.05) is 11.8 Å². The Bertz CT molecular complexity index is 279. The monoisotopic (exact) mass is 149 g/mol. The average molecular weight is 149 g/mol. The van der Waals surface area contributed by atoms with Gasteiger partial charge in [-0.25, -0.2) is 0 Å². The Kier molecular flexibility index (Phi) is 1.28. The SMILES string of the molecule is Nc1ccc(C2CC2)c(O)c1. The first-order valence-corrected chi connectivity index (χ1v) is 3.86. The number of anilines is 1. The van der Waals surface area contributed by atoms with Gasteiger partial charge in [-0.05, 0) is 30.4 Å². The Balaban J connectivity index is 2.39. The van der Waals surface area contributed by atoms with Crippen LogP contribution in [0.4, 0.5) is 5.69 Å². The summed E-state index contributed by atoms with van der Waals surface area (Å²) in [5.74, 6) is 0.947. The number of hydrogen-bond donors (Lipinski definition) is 2. The fourth-order valence-corrected chi connectivity index (χ4v) is 1.30. The summed E-state index contributed by atoms with van der Waals surface area (Å²) in [6.07, 6.45) is 2.41. The Labute approximate surface area is 65.7 Å². The summed E-state index contributed by atoms with van der Waals surface area (Å²) in [5.41, 5.74) is 7.17. The van der Waals surface area contributed by atoms with Crippen LogP contribution >= 0.6 is 0 Å². The molecule has 1 saturated carbocycles. The van der Waals surface area contributed by atoms with E-state index < -0.39 is 0 Å². The molecule has 1 aromatic carbocycles. The lowest BCUT2D eigenvalue weighted by molar-refractivity contribution is 0.468. The van der Waals surface area contributed by atoms with Gasteiger partial charge in [0.05, 0.1) is 0 Å². The smallest absolute Gasteiger partial charge is 0.121 e. The standard InChI is InChI=1S/C9H11NO/c10-7-3-4-8(6-1-2-6)9(11)5-7/h3-6,11H,1-2,10H2. The highest BCUT2D eigenvalue weighted by Crippen LogP contribution is 2.44.